The van der Waals surface area contributed by atoms with E-state index in [4.69, 9.17) is 5.11 Å². The lowest BCUT2D eigenvalue weighted by molar-refractivity contribution is -0.384. The second kappa shape index (κ2) is 5.53. The Morgan fingerprint density at radius 2 is 1.76 bits per heavy atom. The Bertz CT molecular complexity index is 734. The first kappa shape index (κ1) is 14.4. The summed E-state index contributed by atoms with van der Waals surface area (Å²) >= 11 is 0. The molecule has 0 aliphatic heterocycles. The number of aromatic carboxylic acids is 1. The highest BCUT2D eigenvalue weighted by Gasteiger charge is 2.24. The molecule has 108 valence electrons. The Kier molecular flexibility index (Phi) is 3.79. The van der Waals surface area contributed by atoms with Gasteiger partial charge in [-0.25, -0.2) is 13.6 Å². The van der Waals surface area contributed by atoms with Gasteiger partial charge in [-0.2, -0.15) is 0 Å². The highest BCUT2D eigenvalue weighted by atomic mass is 19.2. The number of benzene rings is 2. The minimum Gasteiger partial charge on any atom is -0.477 e. The van der Waals surface area contributed by atoms with Gasteiger partial charge in [0.2, 0.25) is 0 Å². The molecule has 8 heteroatoms. The zero-order chi connectivity index (χ0) is 15.6. The summed E-state index contributed by atoms with van der Waals surface area (Å²) in [6, 6.07) is 6.80. The van der Waals surface area contributed by atoms with Crippen LogP contribution in [0.3, 0.4) is 0 Å². The summed E-state index contributed by atoms with van der Waals surface area (Å²) in [6.07, 6.45) is 0. The van der Waals surface area contributed by atoms with E-state index in [1.807, 2.05) is 0 Å². The van der Waals surface area contributed by atoms with Gasteiger partial charge in [0.05, 0.1) is 10.6 Å². The van der Waals surface area contributed by atoms with Crippen LogP contribution in [0.5, 0.6) is 0 Å². The van der Waals surface area contributed by atoms with Crippen LogP contribution in [-0.4, -0.2) is 16.0 Å². The second-order valence-corrected chi connectivity index (χ2v) is 3.99. The van der Waals surface area contributed by atoms with Gasteiger partial charge in [-0.05, 0) is 24.3 Å². The maximum Gasteiger partial charge on any atom is 0.342 e. The van der Waals surface area contributed by atoms with Gasteiger partial charge < -0.3 is 10.4 Å². The van der Waals surface area contributed by atoms with Gasteiger partial charge in [-0.1, -0.05) is 12.1 Å². The van der Waals surface area contributed by atoms with Crippen LogP contribution in [0, 0.1) is 21.7 Å². The normalized spacial score (nSPS) is 10.2. The molecule has 6 nitrogen and oxygen atoms in total. The first-order chi connectivity index (χ1) is 9.91. The molecule has 0 saturated heterocycles. The van der Waals surface area contributed by atoms with Crippen LogP contribution in [0.4, 0.5) is 25.8 Å². The van der Waals surface area contributed by atoms with Gasteiger partial charge >= 0.3 is 11.7 Å². The summed E-state index contributed by atoms with van der Waals surface area (Å²) in [5, 5.41) is 22.3. The average Bonchev–Trinajstić information content (AvgIpc) is 2.43. The number of halogens is 2. The molecule has 21 heavy (non-hydrogen) atoms. The lowest BCUT2D eigenvalue weighted by Gasteiger charge is -2.09. The molecule has 2 aromatic carbocycles. The third kappa shape index (κ3) is 2.78. The monoisotopic (exact) mass is 294 g/mol. The van der Waals surface area contributed by atoms with Crippen LogP contribution in [0.1, 0.15) is 10.4 Å². The Labute approximate surface area is 116 Å². The molecule has 0 fully saturated rings. The number of anilines is 2. The standard InChI is InChI=1S/C13H8F2N2O4/c14-8-4-2-5-9(11(8)15)16-10-6-1-3-7(13(18)19)12(10)17(20)21/h1-6,16H,(H,18,19). The van der Waals surface area contributed by atoms with E-state index in [1.165, 1.54) is 24.3 Å². The molecular weight excluding hydrogens is 286 g/mol. The fourth-order valence-electron chi connectivity index (χ4n) is 1.76. The number of nitro groups is 1. The maximum absolute atomic E-state index is 13.6. The van der Waals surface area contributed by atoms with Crippen molar-refractivity contribution in [1.29, 1.82) is 0 Å². The quantitative estimate of drug-likeness (QED) is 0.666. The van der Waals surface area contributed by atoms with Gasteiger partial charge in [0.1, 0.15) is 11.3 Å². The smallest absolute Gasteiger partial charge is 0.342 e. The van der Waals surface area contributed by atoms with Crippen LogP contribution in [-0.2, 0) is 0 Å². The van der Waals surface area contributed by atoms with Crippen molar-refractivity contribution >= 4 is 23.0 Å². The van der Waals surface area contributed by atoms with E-state index >= 15 is 0 Å². The predicted molar refractivity (Wildman–Crippen MR) is 69.7 cm³/mol. The predicted octanol–water partition coefficient (Wildman–Crippen LogP) is 3.31. The van der Waals surface area contributed by atoms with Crippen LogP contribution in [0.2, 0.25) is 0 Å². The Balaban J connectivity index is 2.54. The average molecular weight is 294 g/mol. The topological polar surface area (TPSA) is 92.5 Å². The zero-order valence-electron chi connectivity index (χ0n) is 10.3. The number of carboxylic acids is 1. The number of carbonyl (C=O) groups is 1. The van der Waals surface area contributed by atoms with Crippen molar-refractivity contribution in [3.05, 3.63) is 63.7 Å². The summed E-state index contributed by atoms with van der Waals surface area (Å²) in [5.41, 5.74) is -1.86. The van der Waals surface area contributed by atoms with Crippen molar-refractivity contribution < 1.29 is 23.6 Å². The third-order valence-electron chi connectivity index (χ3n) is 2.67. The lowest BCUT2D eigenvalue weighted by Crippen LogP contribution is -2.06. The van der Waals surface area contributed by atoms with Crippen LogP contribution >= 0.6 is 0 Å². The first-order valence-corrected chi connectivity index (χ1v) is 5.63. The van der Waals surface area contributed by atoms with Gasteiger partial charge in [0, 0.05) is 0 Å². The molecule has 0 heterocycles. The Morgan fingerprint density at radius 3 is 2.38 bits per heavy atom. The molecule has 0 aromatic heterocycles. The fourth-order valence-corrected chi connectivity index (χ4v) is 1.76. The van der Waals surface area contributed by atoms with Crippen molar-refractivity contribution in [2.45, 2.75) is 0 Å². The van der Waals surface area contributed by atoms with Gasteiger partial charge in [0.15, 0.2) is 11.6 Å². The highest BCUT2D eigenvalue weighted by molar-refractivity contribution is 5.96. The van der Waals surface area contributed by atoms with Crippen LogP contribution in [0.25, 0.3) is 0 Å². The Morgan fingerprint density at radius 1 is 1.14 bits per heavy atom. The molecule has 0 aliphatic rings. The van der Waals surface area contributed by atoms with Crippen LogP contribution in [0.15, 0.2) is 36.4 Å². The molecule has 2 N–H and O–H groups in total. The van der Waals surface area contributed by atoms with Crippen molar-refractivity contribution in [2.24, 2.45) is 0 Å². The molecule has 0 unspecified atom stereocenters. The molecule has 0 atom stereocenters. The number of nitro benzene ring substituents is 1. The van der Waals surface area contributed by atoms with E-state index in [9.17, 15) is 23.7 Å². The van der Waals surface area contributed by atoms with E-state index in [2.05, 4.69) is 5.32 Å². The second-order valence-electron chi connectivity index (χ2n) is 3.99. The molecule has 0 spiro atoms. The lowest BCUT2D eigenvalue weighted by atomic mass is 10.1. The molecule has 0 saturated carbocycles. The number of rotatable bonds is 4. The van der Waals surface area contributed by atoms with E-state index in [-0.39, 0.29) is 11.4 Å². The van der Waals surface area contributed by atoms with E-state index in [1.54, 1.807) is 0 Å². The molecular formula is C13H8F2N2O4. The molecule has 0 bridgehead atoms. The SMILES string of the molecule is O=C(O)c1cccc(Nc2cccc(F)c2F)c1[N+](=O)[O-]. The molecule has 0 radical (unpaired) electrons. The Hall–Kier alpha value is -3.03. The number of hydrogen-bond donors (Lipinski definition) is 2. The zero-order valence-corrected chi connectivity index (χ0v) is 10.3. The molecule has 0 amide bonds. The number of nitrogens with one attached hydrogen (secondary N) is 1. The van der Waals surface area contributed by atoms with Crippen molar-refractivity contribution in [2.75, 3.05) is 5.32 Å². The summed E-state index contributed by atoms with van der Waals surface area (Å²) in [7, 11) is 0. The highest BCUT2D eigenvalue weighted by Crippen LogP contribution is 2.32. The molecule has 2 aromatic rings. The van der Waals surface area contributed by atoms with Crippen molar-refractivity contribution in [1.82, 2.24) is 0 Å². The van der Waals surface area contributed by atoms with E-state index < -0.39 is 33.8 Å². The number of nitrogens with zero attached hydrogens (tertiary/aromatic N) is 1. The van der Waals surface area contributed by atoms with E-state index in [0.29, 0.717) is 0 Å². The number of carboxylic acid groups (broad SMARTS) is 1. The van der Waals surface area contributed by atoms with Gasteiger partial charge in [-0.3, -0.25) is 10.1 Å². The fraction of sp³-hybridized carbons (Fsp3) is 0. The summed E-state index contributed by atoms with van der Waals surface area (Å²) in [4.78, 5) is 21.1. The van der Waals surface area contributed by atoms with Gasteiger partial charge in [-0.15, -0.1) is 0 Å². The van der Waals surface area contributed by atoms with Crippen molar-refractivity contribution in [3.63, 3.8) is 0 Å². The molecule has 0 aliphatic carbocycles. The maximum atomic E-state index is 13.6. The van der Waals surface area contributed by atoms with Gasteiger partial charge in [0.25, 0.3) is 0 Å². The van der Waals surface area contributed by atoms with Crippen molar-refractivity contribution in [3.8, 4) is 0 Å². The summed E-state index contributed by atoms with van der Waals surface area (Å²) in [6.45, 7) is 0. The summed E-state index contributed by atoms with van der Waals surface area (Å²) < 4.78 is 26.7. The number of para-hydroxylation sites is 1. The van der Waals surface area contributed by atoms with Crippen LogP contribution < -0.4 is 5.32 Å². The minimum atomic E-state index is -1.50. The molecule has 2 rings (SSSR count). The minimum absolute atomic E-state index is 0.246. The summed E-state index contributed by atoms with van der Waals surface area (Å²) in [5.74, 6) is -3.84. The first-order valence-electron chi connectivity index (χ1n) is 5.63. The third-order valence-corrected chi connectivity index (χ3v) is 2.67. The van der Waals surface area contributed by atoms with E-state index in [0.717, 1.165) is 12.1 Å². The largest absolute Gasteiger partial charge is 0.477 e. The number of hydrogen-bond acceptors (Lipinski definition) is 4.